The standard InChI is InChI=1S/C13H13N3O2/c1-2-3-4-5-8-15-12-7-6-11(10-14)13(9-12)16(17)18/h1,6-7,9,15H,3-5,8H2. The van der Waals surface area contributed by atoms with E-state index in [0.717, 1.165) is 19.3 Å². The van der Waals surface area contributed by atoms with E-state index >= 15 is 0 Å². The van der Waals surface area contributed by atoms with Crippen molar-refractivity contribution in [2.45, 2.75) is 19.3 Å². The summed E-state index contributed by atoms with van der Waals surface area (Å²) in [5.41, 5.74) is 0.533. The van der Waals surface area contributed by atoms with E-state index in [1.807, 2.05) is 0 Å². The van der Waals surface area contributed by atoms with Gasteiger partial charge in [-0.25, -0.2) is 0 Å². The third kappa shape index (κ3) is 3.80. The Labute approximate surface area is 106 Å². The number of anilines is 1. The first-order chi connectivity index (χ1) is 8.69. The van der Waals surface area contributed by atoms with Crippen molar-refractivity contribution in [3.63, 3.8) is 0 Å². The van der Waals surface area contributed by atoms with Crippen LogP contribution in [0.4, 0.5) is 11.4 Å². The van der Waals surface area contributed by atoms with Crippen LogP contribution in [0.5, 0.6) is 0 Å². The van der Waals surface area contributed by atoms with Gasteiger partial charge in [0.1, 0.15) is 11.6 Å². The van der Waals surface area contributed by atoms with E-state index < -0.39 is 4.92 Å². The first kappa shape index (κ1) is 13.5. The Balaban J connectivity index is 2.63. The summed E-state index contributed by atoms with van der Waals surface area (Å²) in [7, 11) is 0. The number of rotatable bonds is 6. The molecule has 0 aliphatic carbocycles. The average Bonchev–Trinajstić information content (AvgIpc) is 2.38. The van der Waals surface area contributed by atoms with Gasteiger partial charge in [0.25, 0.3) is 5.69 Å². The van der Waals surface area contributed by atoms with E-state index in [-0.39, 0.29) is 11.3 Å². The molecule has 1 aromatic rings. The van der Waals surface area contributed by atoms with E-state index in [1.165, 1.54) is 12.1 Å². The lowest BCUT2D eigenvalue weighted by molar-refractivity contribution is -0.385. The van der Waals surface area contributed by atoms with Crippen LogP contribution in [0.15, 0.2) is 18.2 Å². The Hall–Kier alpha value is -2.53. The molecule has 0 saturated heterocycles. The van der Waals surface area contributed by atoms with Gasteiger partial charge < -0.3 is 5.32 Å². The number of nitro groups is 1. The molecule has 5 heteroatoms. The van der Waals surface area contributed by atoms with Crippen molar-refractivity contribution in [3.05, 3.63) is 33.9 Å². The van der Waals surface area contributed by atoms with Crippen LogP contribution in [0.3, 0.4) is 0 Å². The van der Waals surface area contributed by atoms with Crippen LogP contribution in [0.25, 0.3) is 0 Å². The van der Waals surface area contributed by atoms with Gasteiger partial charge >= 0.3 is 0 Å². The van der Waals surface area contributed by atoms with Crippen LogP contribution in [-0.2, 0) is 0 Å². The van der Waals surface area contributed by atoms with Crippen molar-refractivity contribution in [1.29, 1.82) is 5.26 Å². The normalized spacial score (nSPS) is 9.22. The molecule has 0 aliphatic heterocycles. The molecular weight excluding hydrogens is 230 g/mol. The third-order valence-corrected chi connectivity index (χ3v) is 2.39. The van der Waals surface area contributed by atoms with Crippen LogP contribution in [-0.4, -0.2) is 11.5 Å². The molecule has 1 N–H and O–H groups in total. The minimum atomic E-state index is -0.553. The fraction of sp³-hybridized carbons (Fsp3) is 0.308. The highest BCUT2D eigenvalue weighted by Gasteiger charge is 2.13. The molecule has 0 radical (unpaired) electrons. The van der Waals surface area contributed by atoms with Crippen molar-refractivity contribution in [3.8, 4) is 18.4 Å². The van der Waals surface area contributed by atoms with Crippen LogP contribution >= 0.6 is 0 Å². The predicted molar refractivity (Wildman–Crippen MR) is 69.0 cm³/mol. The van der Waals surface area contributed by atoms with Gasteiger partial charge in [-0.3, -0.25) is 10.1 Å². The summed E-state index contributed by atoms with van der Waals surface area (Å²) in [6, 6.07) is 6.28. The molecule has 0 fully saturated rings. The molecule has 0 unspecified atom stereocenters. The molecule has 0 atom stereocenters. The quantitative estimate of drug-likeness (QED) is 0.360. The zero-order chi connectivity index (χ0) is 13.4. The van der Waals surface area contributed by atoms with Gasteiger partial charge in [0.05, 0.1) is 4.92 Å². The fourth-order valence-corrected chi connectivity index (χ4v) is 1.47. The Morgan fingerprint density at radius 3 is 2.83 bits per heavy atom. The number of hydrogen-bond acceptors (Lipinski definition) is 4. The molecule has 0 amide bonds. The third-order valence-electron chi connectivity index (χ3n) is 2.39. The maximum atomic E-state index is 10.8. The molecule has 0 spiro atoms. The fourth-order valence-electron chi connectivity index (χ4n) is 1.47. The van der Waals surface area contributed by atoms with Crippen LogP contribution in [0.2, 0.25) is 0 Å². The SMILES string of the molecule is C#CCCCCNc1ccc(C#N)c([N+](=O)[O-])c1. The van der Waals surface area contributed by atoms with E-state index in [2.05, 4.69) is 11.2 Å². The number of unbranched alkanes of at least 4 members (excludes halogenated alkanes) is 2. The minimum Gasteiger partial charge on any atom is -0.385 e. The van der Waals surface area contributed by atoms with E-state index in [1.54, 1.807) is 12.1 Å². The molecule has 1 rings (SSSR count). The van der Waals surface area contributed by atoms with Crippen LogP contribution in [0.1, 0.15) is 24.8 Å². The lowest BCUT2D eigenvalue weighted by Gasteiger charge is -2.05. The van der Waals surface area contributed by atoms with Gasteiger partial charge in [0.2, 0.25) is 0 Å². The largest absolute Gasteiger partial charge is 0.385 e. The Morgan fingerprint density at radius 2 is 2.22 bits per heavy atom. The molecule has 5 nitrogen and oxygen atoms in total. The van der Waals surface area contributed by atoms with E-state index in [9.17, 15) is 10.1 Å². The number of hydrogen-bond donors (Lipinski definition) is 1. The highest BCUT2D eigenvalue weighted by Crippen LogP contribution is 2.22. The molecule has 1 aromatic carbocycles. The maximum absolute atomic E-state index is 10.8. The molecule has 0 aliphatic rings. The summed E-state index contributed by atoms with van der Waals surface area (Å²) in [5, 5.41) is 22.6. The Kier molecular flexibility index (Phi) is 5.21. The van der Waals surface area contributed by atoms with Crippen molar-refractivity contribution in [2.24, 2.45) is 0 Å². The van der Waals surface area contributed by atoms with Gasteiger partial charge in [-0.05, 0) is 25.0 Å². The lowest BCUT2D eigenvalue weighted by atomic mass is 10.1. The first-order valence-corrected chi connectivity index (χ1v) is 5.55. The molecule has 0 heterocycles. The lowest BCUT2D eigenvalue weighted by Crippen LogP contribution is -2.02. The number of nitro benzene ring substituents is 1. The summed E-state index contributed by atoms with van der Waals surface area (Å²) in [6.45, 7) is 0.699. The van der Waals surface area contributed by atoms with Crippen molar-refractivity contribution < 1.29 is 4.92 Å². The Bertz CT molecular complexity index is 512. The topological polar surface area (TPSA) is 79.0 Å². The maximum Gasteiger partial charge on any atom is 0.289 e. The molecule has 0 saturated carbocycles. The molecule has 92 valence electrons. The number of nitriles is 1. The highest BCUT2D eigenvalue weighted by atomic mass is 16.6. The summed E-state index contributed by atoms with van der Waals surface area (Å²) in [6.07, 6.45) is 7.68. The van der Waals surface area contributed by atoms with Gasteiger partial charge in [-0.2, -0.15) is 5.26 Å². The molecule has 0 aromatic heterocycles. The summed E-state index contributed by atoms with van der Waals surface area (Å²) < 4.78 is 0. The second kappa shape index (κ2) is 6.93. The summed E-state index contributed by atoms with van der Waals surface area (Å²) >= 11 is 0. The van der Waals surface area contributed by atoms with Crippen LogP contribution in [0, 0.1) is 33.8 Å². The highest BCUT2D eigenvalue weighted by molar-refractivity contribution is 5.59. The molecular formula is C13H13N3O2. The Morgan fingerprint density at radius 1 is 1.44 bits per heavy atom. The summed E-state index contributed by atoms with van der Waals surface area (Å²) in [4.78, 5) is 10.2. The van der Waals surface area contributed by atoms with Gasteiger partial charge in [0.15, 0.2) is 0 Å². The van der Waals surface area contributed by atoms with Gasteiger partial charge in [0, 0.05) is 24.7 Å². The summed E-state index contributed by atoms with van der Waals surface area (Å²) in [5.74, 6) is 2.55. The average molecular weight is 243 g/mol. The van der Waals surface area contributed by atoms with E-state index in [4.69, 9.17) is 11.7 Å². The first-order valence-electron chi connectivity index (χ1n) is 5.55. The monoisotopic (exact) mass is 243 g/mol. The predicted octanol–water partition coefficient (Wildman–Crippen LogP) is 2.68. The number of benzene rings is 1. The van der Waals surface area contributed by atoms with Crippen molar-refractivity contribution >= 4 is 11.4 Å². The minimum absolute atomic E-state index is 0.0675. The van der Waals surface area contributed by atoms with Gasteiger partial charge in [-0.1, -0.05) is 0 Å². The van der Waals surface area contributed by atoms with Crippen molar-refractivity contribution in [2.75, 3.05) is 11.9 Å². The number of nitrogens with zero attached hydrogens (tertiary/aromatic N) is 2. The zero-order valence-electron chi connectivity index (χ0n) is 9.85. The van der Waals surface area contributed by atoms with Crippen molar-refractivity contribution in [1.82, 2.24) is 0 Å². The van der Waals surface area contributed by atoms with Gasteiger partial charge in [-0.15, -0.1) is 12.3 Å². The zero-order valence-corrected chi connectivity index (χ0v) is 9.85. The van der Waals surface area contributed by atoms with E-state index in [0.29, 0.717) is 12.2 Å². The second-order valence-corrected chi connectivity index (χ2v) is 3.69. The number of nitrogens with one attached hydrogen (secondary N) is 1. The number of terminal acetylenes is 1. The second-order valence-electron chi connectivity index (χ2n) is 3.69. The smallest absolute Gasteiger partial charge is 0.289 e. The molecule has 18 heavy (non-hydrogen) atoms. The van der Waals surface area contributed by atoms with Crippen LogP contribution < -0.4 is 5.32 Å². The molecule has 0 bridgehead atoms.